The molecule has 0 bridgehead atoms. The monoisotopic (exact) mass is 282 g/mol. The SMILES string of the molecule is COCC(=O)N1CC[C@H]2CC(=O)N(C(C)C)CC[C@H]2C1. The zero-order chi connectivity index (χ0) is 14.7. The Labute approximate surface area is 121 Å². The van der Waals surface area contributed by atoms with Gasteiger partial charge < -0.3 is 14.5 Å². The Morgan fingerprint density at radius 2 is 2.00 bits per heavy atom. The Morgan fingerprint density at radius 1 is 1.30 bits per heavy atom. The summed E-state index contributed by atoms with van der Waals surface area (Å²) in [7, 11) is 1.55. The molecule has 0 unspecified atom stereocenters. The summed E-state index contributed by atoms with van der Waals surface area (Å²) in [5, 5.41) is 0. The Bertz CT molecular complexity index is 370. The average molecular weight is 282 g/mol. The molecule has 0 N–H and O–H groups in total. The Morgan fingerprint density at radius 3 is 2.65 bits per heavy atom. The van der Waals surface area contributed by atoms with Crippen molar-refractivity contribution in [2.45, 2.75) is 39.2 Å². The topological polar surface area (TPSA) is 49.9 Å². The molecule has 2 aliphatic heterocycles. The maximum atomic E-state index is 12.3. The van der Waals surface area contributed by atoms with Crippen LogP contribution in [0.1, 0.15) is 33.1 Å². The zero-order valence-electron chi connectivity index (χ0n) is 12.8. The van der Waals surface area contributed by atoms with Crippen molar-refractivity contribution in [1.82, 2.24) is 9.80 Å². The van der Waals surface area contributed by atoms with E-state index in [1.165, 1.54) is 0 Å². The second kappa shape index (κ2) is 6.57. The number of ether oxygens (including phenoxy) is 1. The lowest BCUT2D eigenvalue weighted by Gasteiger charge is -2.37. The van der Waals surface area contributed by atoms with Crippen LogP contribution in [0.2, 0.25) is 0 Å². The Kier molecular flexibility index (Phi) is 5.02. The summed E-state index contributed by atoms with van der Waals surface area (Å²) < 4.78 is 4.93. The third kappa shape index (κ3) is 3.32. The van der Waals surface area contributed by atoms with E-state index in [9.17, 15) is 9.59 Å². The maximum absolute atomic E-state index is 12.3. The number of hydrogen-bond acceptors (Lipinski definition) is 3. The minimum Gasteiger partial charge on any atom is -0.375 e. The number of carbonyl (C=O) groups is 2. The van der Waals surface area contributed by atoms with Gasteiger partial charge in [0.05, 0.1) is 0 Å². The minimum absolute atomic E-state index is 0.0715. The first-order valence-corrected chi connectivity index (χ1v) is 7.59. The van der Waals surface area contributed by atoms with Crippen LogP contribution >= 0.6 is 0 Å². The Hall–Kier alpha value is -1.10. The summed E-state index contributed by atoms with van der Waals surface area (Å²) >= 11 is 0. The zero-order valence-corrected chi connectivity index (χ0v) is 12.8. The summed E-state index contributed by atoms with van der Waals surface area (Å²) in [5.41, 5.74) is 0. The number of hydrogen-bond donors (Lipinski definition) is 0. The van der Waals surface area contributed by atoms with Crippen LogP contribution in [0.15, 0.2) is 0 Å². The highest BCUT2D eigenvalue weighted by molar-refractivity contribution is 5.78. The molecule has 2 aliphatic rings. The normalized spacial score (nSPS) is 27.5. The van der Waals surface area contributed by atoms with Crippen molar-refractivity contribution in [3.8, 4) is 0 Å². The van der Waals surface area contributed by atoms with Crippen LogP contribution in [-0.2, 0) is 14.3 Å². The number of nitrogens with zero attached hydrogens (tertiary/aromatic N) is 2. The molecule has 5 heteroatoms. The fourth-order valence-corrected chi connectivity index (χ4v) is 3.44. The van der Waals surface area contributed by atoms with Gasteiger partial charge in [0.25, 0.3) is 0 Å². The van der Waals surface area contributed by atoms with E-state index >= 15 is 0 Å². The fraction of sp³-hybridized carbons (Fsp3) is 0.867. The molecule has 5 nitrogen and oxygen atoms in total. The van der Waals surface area contributed by atoms with Crippen LogP contribution in [0.4, 0.5) is 0 Å². The lowest BCUT2D eigenvalue weighted by molar-refractivity contribution is -0.138. The first-order chi connectivity index (χ1) is 9.52. The quantitative estimate of drug-likeness (QED) is 0.779. The van der Waals surface area contributed by atoms with Gasteiger partial charge in [0.1, 0.15) is 6.61 Å². The number of rotatable bonds is 3. The molecule has 0 aliphatic carbocycles. The van der Waals surface area contributed by atoms with E-state index in [-0.39, 0.29) is 24.5 Å². The van der Waals surface area contributed by atoms with Crippen molar-refractivity contribution in [2.75, 3.05) is 33.4 Å². The van der Waals surface area contributed by atoms with Gasteiger partial charge in [-0.25, -0.2) is 0 Å². The molecule has 0 aromatic carbocycles. The van der Waals surface area contributed by atoms with E-state index in [0.29, 0.717) is 18.3 Å². The van der Waals surface area contributed by atoms with Crippen LogP contribution < -0.4 is 0 Å². The van der Waals surface area contributed by atoms with Crippen LogP contribution in [0.25, 0.3) is 0 Å². The number of fused-ring (bicyclic) bond motifs is 1. The Balaban J connectivity index is 1.99. The van der Waals surface area contributed by atoms with Crippen molar-refractivity contribution < 1.29 is 14.3 Å². The lowest BCUT2D eigenvalue weighted by Crippen LogP contribution is -2.45. The van der Waals surface area contributed by atoms with Gasteiger partial charge in [0.2, 0.25) is 11.8 Å². The van der Waals surface area contributed by atoms with Crippen LogP contribution in [-0.4, -0.2) is 61.0 Å². The first kappa shape index (κ1) is 15.3. The van der Waals surface area contributed by atoms with E-state index in [1.807, 2.05) is 9.80 Å². The number of likely N-dealkylation sites (tertiary alicyclic amines) is 2. The van der Waals surface area contributed by atoms with Crippen LogP contribution in [0, 0.1) is 11.8 Å². The molecular weight excluding hydrogens is 256 g/mol. The molecule has 114 valence electrons. The summed E-state index contributed by atoms with van der Waals surface area (Å²) in [6.07, 6.45) is 2.60. The van der Waals surface area contributed by atoms with Gasteiger partial charge in [-0.1, -0.05) is 0 Å². The molecule has 2 rings (SSSR count). The first-order valence-electron chi connectivity index (χ1n) is 7.59. The highest BCUT2D eigenvalue weighted by Gasteiger charge is 2.36. The molecule has 0 aromatic heterocycles. The van der Waals surface area contributed by atoms with Crippen molar-refractivity contribution >= 4 is 11.8 Å². The average Bonchev–Trinajstić information content (AvgIpc) is 2.56. The highest BCUT2D eigenvalue weighted by Crippen LogP contribution is 2.32. The van der Waals surface area contributed by atoms with Gasteiger partial charge in [0.15, 0.2) is 0 Å². The van der Waals surface area contributed by atoms with Gasteiger partial charge in [-0.3, -0.25) is 9.59 Å². The molecule has 2 saturated heterocycles. The van der Waals surface area contributed by atoms with E-state index in [0.717, 1.165) is 32.5 Å². The molecule has 2 fully saturated rings. The van der Waals surface area contributed by atoms with Crippen molar-refractivity contribution in [1.29, 1.82) is 0 Å². The molecule has 0 saturated carbocycles. The number of piperidine rings is 1. The summed E-state index contributed by atoms with van der Waals surface area (Å²) in [4.78, 5) is 28.1. The smallest absolute Gasteiger partial charge is 0.248 e. The number of amides is 2. The van der Waals surface area contributed by atoms with E-state index in [2.05, 4.69) is 13.8 Å². The van der Waals surface area contributed by atoms with Gasteiger partial charge in [-0.2, -0.15) is 0 Å². The highest BCUT2D eigenvalue weighted by atomic mass is 16.5. The minimum atomic E-state index is 0.0715. The second-order valence-electron chi connectivity index (χ2n) is 6.26. The van der Waals surface area contributed by atoms with E-state index in [4.69, 9.17) is 4.74 Å². The number of carbonyl (C=O) groups excluding carboxylic acids is 2. The largest absolute Gasteiger partial charge is 0.375 e. The van der Waals surface area contributed by atoms with Gasteiger partial charge in [-0.15, -0.1) is 0 Å². The van der Waals surface area contributed by atoms with Gasteiger partial charge in [-0.05, 0) is 38.5 Å². The third-order valence-electron chi connectivity index (χ3n) is 4.63. The molecule has 2 amide bonds. The predicted octanol–water partition coefficient (Wildman–Crippen LogP) is 1.13. The predicted molar refractivity (Wildman–Crippen MR) is 76.1 cm³/mol. The summed E-state index contributed by atoms with van der Waals surface area (Å²) in [6, 6.07) is 0.272. The van der Waals surface area contributed by atoms with Crippen molar-refractivity contribution in [3.63, 3.8) is 0 Å². The molecular formula is C15H26N2O3. The summed E-state index contributed by atoms with van der Waals surface area (Å²) in [6.45, 7) is 6.67. The molecule has 20 heavy (non-hydrogen) atoms. The van der Waals surface area contributed by atoms with Crippen LogP contribution in [0.5, 0.6) is 0 Å². The fourth-order valence-electron chi connectivity index (χ4n) is 3.44. The van der Waals surface area contributed by atoms with E-state index < -0.39 is 0 Å². The maximum Gasteiger partial charge on any atom is 0.248 e. The third-order valence-corrected chi connectivity index (χ3v) is 4.63. The van der Waals surface area contributed by atoms with Gasteiger partial charge >= 0.3 is 0 Å². The molecule has 2 atom stereocenters. The lowest BCUT2D eigenvalue weighted by atomic mass is 9.82. The molecule has 0 aromatic rings. The molecule has 2 heterocycles. The molecule has 0 spiro atoms. The number of methoxy groups -OCH3 is 1. The standard InChI is InChI=1S/C15H26N2O3/c1-11(2)17-7-5-13-9-16(15(19)10-20-3)6-4-12(13)8-14(17)18/h11-13H,4-10H2,1-3H3/t12-,13-/m0/s1. The van der Waals surface area contributed by atoms with Crippen molar-refractivity contribution in [3.05, 3.63) is 0 Å². The molecule has 0 radical (unpaired) electrons. The second-order valence-corrected chi connectivity index (χ2v) is 6.26. The van der Waals surface area contributed by atoms with Crippen molar-refractivity contribution in [2.24, 2.45) is 11.8 Å². The van der Waals surface area contributed by atoms with Gasteiger partial charge in [0, 0.05) is 39.2 Å². The van der Waals surface area contributed by atoms with Crippen LogP contribution in [0.3, 0.4) is 0 Å². The summed E-state index contributed by atoms with van der Waals surface area (Å²) in [5.74, 6) is 1.25. The van der Waals surface area contributed by atoms with E-state index in [1.54, 1.807) is 7.11 Å².